The fourth-order valence-corrected chi connectivity index (χ4v) is 6.17. The van der Waals surface area contributed by atoms with Crippen molar-refractivity contribution in [2.45, 2.75) is 25.3 Å². The van der Waals surface area contributed by atoms with Gasteiger partial charge in [-0.05, 0) is 30.4 Å². The Morgan fingerprint density at radius 1 is 0.765 bits per heavy atom. The highest BCUT2D eigenvalue weighted by Crippen LogP contribution is 2.57. The van der Waals surface area contributed by atoms with Crippen LogP contribution in [0.5, 0.6) is 0 Å². The average Bonchev–Trinajstić information content (AvgIpc) is 3.41. The highest BCUT2D eigenvalue weighted by molar-refractivity contribution is 5.68. The van der Waals surface area contributed by atoms with Crippen LogP contribution >= 0.6 is 0 Å². The number of rotatable bonds is 5. The minimum atomic E-state index is 0.289. The SMILES string of the molecule is Cc1oc(-c2ccccc2)c2c1[C@@H](c1ccccc1)[C@H](Cc1ccccc1)[C@H]2N1CCOCC1. The topological polar surface area (TPSA) is 25.6 Å². The molecule has 172 valence electrons. The first-order valence-corrected chi connectivity index (χ1v) is 12.4. The van der Waals surface area contributed by atoms with Gasteiger partial charge in [0.2, 0.25) is 0 Å². The summed E-state index contributed by atoms with van der Waals surface area (Å²) in [6.07, 6.45) is 1.03. The normalized spacial score (nSPS) is 22.6. The highest BCUT2D eigenvalue weighted by atomic mass is 16.5. The van der Waals surface area contributed by atoms with E-state index in [9.17, 15) is 0 Å². The molecule has 2 heterocycles. The van der Waals surface area contributed by atoms with Crippen molar-refractivity contribution in [3.05, 3.63) is 119 Å². The summed E-state index contributed by atoms with van der Waals surface area (Å²) in [5.74, 6) is 2.81. The van der Waals surface area contributed by atoms with E-state index < -0.39 is 0 Å². The van der Waals surface area contributed by atoms with Gasteiger partial charge in [0.25, 0.3) is 0 Å². The summed E-state index contributed by atoms with van der Waals surface area (Å²) in [5, 5.41) is 0. The predicted octanol–water partition coefficient (Wildman–Crippen LogP) is 6.63. The summed E-state index contributed by atoms with van der Waals surface area (Å²) >= 11 is 0. The lowest BCUT2D eigenvalue weighted by Gasteiger charge is -2.38. The van der Waals surface area contributed by atoms with Crippen LogP contribution in [0.3, 0.4) is 0 Å². The molecule has 0 bridgehead atoms. The van der Waals surface area contributed by atoms with Gasteiger partial charge in [-0.15, -0.1) is 0 Å². The lowest BCUT2D eigenvalue weighted by molar-refractivity contribution is 0.00366. The van der Waals surface area contributed by atoms with Crippen LogP contribution in [0.15, 0.2) is 95.4 Å². The molecule has 3 atom stereocenters. The van der Waals surface area contributed by atoms with Crippen molar-refractivity contribution in [1.82, 2.24) is 4.90 Å². The maximum atomic E-state index is 6.59. The van der Waals surface area contributed by atoms with Crippen LogP contribution in [0.2, 0.25) is 0 Å². The van der Waals surface area contributed by atoms with E-state index in [1.807, 2.05) is 0 Å². The predicted molar refractivity (Wildman–Crippen MR) is 136 cm³/mol. The Balaban J connectivity index is 1.56. The monoisotopic (exact) mass is 449 g/mol. The van der Waals surface area contributed by atoms with Gasteiger partial charge < -0.3 is 9.15 Å². The molecule has 0 N–H and O–H groups in total. The van der Waals surface area contributed by atoms with Gasteiger partial charge in [0, 0.05) is 41.7 Å². The van der Waals surface area contributed by atoms with Crippen molar-refractivity contribution in [1.29, 1.82) is 0 Å². The zero-order valence-corrected chi connectivity index (χ0v) is 19.7. The summed E-state index contributed by atoms with van der Waals surface area (Å²) in [7, 11) is 0. The Morgan fingerprint density at radius 3 is 2.06 bits per heavy atom. The second-order valence-electron chi connectivity index (χ2n) is 9.52. The first kappa shape index (κ1) is 21.4. The van der Waals surface area contributed by atoms with Crippen LogP contribution < -0.4 is 0 Å². The number of fused-ring (bicyclic) bond motifs is 1. The summed E-state index contributed by atoms with van der Waals surface area (Å²) in [4.78, 5) is 2.65. The smallest absolute Gasteiger partial charge is 0.139 e. The van der Waals surface area contributed by atoms with Gasteiger partial charge in [-0.3, -0.25) is 4.90 Å². The molecule has 0 unspecified atom stereocenters. The van der Waals surface area contributed by atoms with Crippen LogP contribution in [-0.2, 0) is 11.2 Å². The van der Waals surface area contributed by atoms with E-state index in [0.717, 1.165) is 49.8 Å². The van der Waals surface area contributed by atoms with Crippen molar-refractivity contribution in [2.75, 3.05) is 26.3 Å². The van der Waals surface area contributed by atoms with Crippen LogP contribution in [0.1, 0.15) is 40.0 Å². The van der Waals surface area contributed by atoms with Crippen LogP contribution in [0.4, 0.5) is 0 Å². The maximum absolute atomic E-state index is 6.59. The molecule has 6 rings (SSSR count). The number of nitrogens with zero attached hydrogens (tertiary/aromatic N) is 1. The van der Waals surface area contributed by atoms with E-state index in [1.54, 1.807) is 0 Å². The van der Waals surface area contributed by atoms with E-state index in [2.05, 4.69) is 103 Å². The average molecular weight is 450 g/mol. The quantitative estimate of drug-likeness (QED) is 0.342. The molecule has 1 aromatic heterocycles. The summed E-state index contributed by atoms with van der Waals surface area (Å²) in [6, 6.07) is 33.0. The van der Waals surface area contributed by atoms with Crippen LogP contribution in [-0.4, -0.2) is 31.2 Å². The van der Waals surface area contributed by atoms with E-state index in [1.165, 1.54) is 22.3 Å². The summed E-state index contributed by atoms with van der Waals surface area (Å²) in [5.41, 5.74) is 6.72. The largest absolute Gasteiger partial charge is 0.461 e. The fraction of sp³-hybridized carbons (Fsp3) is 0.290. The third-order valence-corrected chi connectivity index (χ3v) is 7.56. The van der Waals surface area contributed by atoms with Crippen molar-refractivity contribution in [3.63, 3.8) is 0 Å². The number of hydrogen-bond acceptors (Lipinski definition) is 3. The molecule has 0 spiro atoms. The lowest BCUT2D eigenvalue weighted by Crippen LogP contribution is -2.41. The maximum Gasteiger partial charge on any atom is 0.139 e. The summed E-state index contributed by atoms with van der Waals surface area (Å²) < 4.78 is 12.4. The van der Waals surface area contributed by atoms with Crippen molar-refractivity contribution >= 4 is 0 Å². The molecule has 0 radical (unpaired) electrons. The number of aryl methyl sites for hydroxylation is 1. The standard InChI is InChI=1S/C31H31NO2/c1-22-27-28(24-13-7-3-8-14-24)26(21-23-11-5-2-6-12-23)30(32-17-19-33-20-18-32)29(27)31(34-22)25-15-9-4-10-16-25/h2-16,26,28,30H,17-21H2,1H3/t26-,28-,30+/m0/s1. The number of furan rings is 1. The first-order chi connectivity index (χ1) is 16.8. The molecule has 34 heavy (non-hydrogen) atoms. The van der Waals surface area contributed by atoms with E-state index in [0.29, 0.717) is 11.8 Å². The second kappa shape index (κ2) is 9.25. The highest BCUT2D eigenvalue weighted by Gasteiger charge is 2.48. The van der Waals surface area contributed by atoms with E-state index >= 15 is 0 Å². The third-order valence-electron chi connectivity index (χ3n) is 7.56. The molecular weight excluding hydrogens is 418 g/mol. The third kappa shape index (κ3) is 3.79. The summed E-state index contributed by atoms with van der Waals surface area (Å²) in [6.45, 7) is 5.64. The number of morpholine rings is 1. The van der Waals surface area contributed by atoms with E-state index in [-0.39, 0.29) is 6.04 Å². The van der Waals surface area contributed by atoms with Crippen molar-refractivity contribution in [2.24, 2.45) is 5.92 Å². The molecule has 2 aliphatic rings. The zero-order valence-electron chi connectivity index (χ0n) is 19.7. The molecule has 3 nitrogen and oxygen atoms in total. The Morgan fingerprint density at radius 2 is 1.38 bits per heavy atom. The Bertz CT molecular complexity index is 1230. The molecule has 1 aliphatic heterocycles. The van der Waals surface area contributed by atoms with Crippen molar-refractivity contribution in [3.8, 4) is 11.3 Å². The van der Waals surface area contributed by atoms with Gasteiger partial charge in [-0.1, -0.05) is 91.0 Å². The van der Waals surface area contributed by atoms with Gasteiger partial charge >= 0.3 is 0 Å². The van der Waals surface area contributed by atoms with Crippen LogP contribution in [0.25, 0.3) is 11.3 Å². The number of hydrogen-bond donors (Lipinski definition) is 0. The molecule has 0 saturated carbocycles. The molecule has 3 heteroatoms. The molecule has 1 saturated heterocycles. The minimum Gasteiger partial charge on any atom is -0.461 e. The molecule has 1 aliphatic carbocycles. The van der Waals surface area contributed by atoms with Gasteiger partial charge in [-0.25, -0.2) is 0 Å². The van der Waals surface area contributed by atoms with E-state index in [4.69, 9.17) is 9.15 Å². The van der Waals surface area contributed by atoms with Gasteiger partial charge in [0.05, 0.1) is 13.2 Å². The van der Waals surface area contributed by atoms with Gasteiger partial charge in [0.15, 0.2) is 0 Å². The Kier molecular flexibility index (Phi) is 5.82. The molecule has 4 aromatic rings. The molecule has 3 aromatic carbocycles. The van der Waals surface area contributed by atoms with Gasteiger partial charge in [0.1, 0.15) is 11.5 Å². The number of ether oxygens (including phenoxy) is 1. The molecular formula is C31H31NO2. The Hall–Kier alpha value is -3.14. The minimum absolute atomic E-state index is 0.289. The molecule has 0 amide bonds. The zero-order chi connectivity index (χ0) is 22.9. The second-order valence-corrected chi connectivity index (χ2v) is 9.52. The first-order valence-electron chi connectivity index (χ1n) is 12.4. The molecule has 1 fully saturated rings. The lowest BCUT2D eigenvalue weighted by atomic mass is 9.80. The Labute approximate surface area is 202 Å². The van der Waals surface area contributed by atoms with Gasteiger partial charge in [-0.2, -0.15) is 0 Å². The fourth-order valence-electron chi connectivity index (χ4n) is 6.17. The van der Waals surface area contributed by atoms with Crippen molar-refractivity contribution < 1.29 is 9.15 Å². The van der Waals surface area contributed by atoms with Crippen LogP contribution in [0, 0.1) is 12.8 Å². The number of benzene rings is 3.